The van der Waals surface area contributed by atoms with Crippen LogP contribution >= 0.6 is 11.6 Å². The van der Waals surface area contributed by atoms with Gasteiger partial charge in [-0.1, -0.05) is 11.6 Å². The molecule has 2 amide bonds. The highest BCUT2D eigenvalue weighted by Crippen LogP contribution is 2.30. The molecule has 1 aliphatic rings. The molecule has 160 valence electrons. The average Bonchev–Trinajstić information content (AvgIpc) is 2.72. The van der Waals surface area contributed by atoms with E-state index in [0.717, 1.165) is 12.1 Å². The van der Waals surface area contributed by atoms with Gasteiger partial charge in [-0.25, -0.2) is 4.98 Å². The van der Waals surface area contributed by atoms with Crippen LogP contribution in [0.3, 0.4) is 0 Å². The van der Waals surface area contributed by atoms with Crippen LogP contribution in [0.4, 0.5) is 13.2 Å². The first-order valence-electron chi connectivity index (χ1n) is 9.07. The molecule has 3 heterocycles. The predicted octanol–water partition coefficient (Wildman–Crippen LogP) is 3.19. The average molecular weight is 443 g/mol. The van der Waals surface area contributed by atoms with Gasteiger partial charge in [0.2, 0.25) is 0 Å². The second kappa shape index (κ2) is 8.86. The number of hydrogen-bond donors (Lipinski definition) is 1. The molecule has 30 heavy (non-hydrogen) atoms. The number of likely N-dealkylation sites (tertiary alicyclic amines) is 1. The van der Waals surface area contributed by atoms with Crippen molar-refractivity contribution in [3.63, 3.8) is 0 Å². The van der Waals surface area contributed by atoms with E-state index in [0.29, 0.717) is 25.1 Å². The van der Waals surface area contributed by atoms with Crippen molar-refractivity contribution in [2.24, 2.45) is 0 Å². The third-order valence-corrected chi connectivity index (χ3v) is 4.82. The van der Waals surface area contributed by atoms with E-state index in [-0.39, 0.29) is 29.8 Å². The summed E-state index contributed by atoms with van der Waals surface area (Å²) in [4.78, 5) is 33.2. The van der Waals surface area contributed by atoms with Crippen LogP contribution in [0.15, 0.2) is 30.5 Å². The number of nitrogens with one attached hydrogen (secondary N) is 1. The van der Waals surface area contributed by atoms with Crippen LogP contribution < -0.4 is 10.1 Å². The molecule has 3 rings (SSSR count). The Kier molecular flexibility index (Phi) is 6.45. The number of nitrogens with zero attached hydrogens (tertiary/aromatic N) is 3. The lowest BCUT2D eigenvalue weighted by Gasteiger charge is -2.33. The van der Waals surface area contributed by atoms with Gasteiger partial charge in [-0.05, 0) is 31.0 Å². The number of carbonyl (C=O) groups excluding carboxylic acids is 2. The van der Waals surface area contributed by atoms with Crippen molar-refractivity contribution in [1.82, 2.24) is 20.2 Å². The molecule has 0 radical (unpaired) electrons. The van der Waals surface area contributed by atoms with Gasteiger partial charge in [-0.15, -0.1) is 0 Å². The number of pyridine rings is 2. The van der Waals surface area contributed by atoms with Gasteiger partial charge in [-0.2, -0.15) is 13.2 Å². The van der Waals surface area contributed by atoms with Crippen LogP contribution in [0.1, 0.15) is 39.4 Å². The zero-order chi connectivity index (χ0) is 21.9. The molecule has 1 saturated heterocycles. The van der Waals surface area contributed by atoms with E-state index in [1.807, 2.05) is 0 Å². The molecule has 0 aromatic carbocycles. The molecule has 7 nitrogen and oxygen atoms in total. The Morgan fingerprint density at radius 2 is 2.07 bits per heavy atom. The summed E-state index contributed by atoms with van der Waals surface area (Å²) < 4.78 is 44.1. The highest BCUT2D eigenvalue weighted by Gasteiger charge is 2.34. The second-order valence-corrected chi connectivity index (χ2v) is 6.98. The molecule has 11 heteroatoms. The Bertz CT molecular complexity index is 955. The summed E-state index contributed by atoms with van der Waals surface area (Å²) in [5, 5.41) is 1.97. The van der Waals surface area contributed by atoms with Gasteiger partial charge in [-0.3, -0.25) is 14.6 Å². The minimum Gasteiger partial charge on any atom is -0.488 e. The van der Waals surface area contributed by atoms with Gasteiger partial charge < -0.3 is 15.0 Å². The molecular weight excluding hydrogens is 425 g/mol. The first kappa shape index (κ1) is 21.8. The minimum atomic E-state index is -4.65. The predicted molar refractivity (Wildman–Crippen MR) is 101 cm³/mol. The number of rotatable bonds is 4. The van der Waals surface area contributed by atoms with Gasteiger partial charge in [0.1, 0.15) is 28.4 Å². The highest BCUT2D eigenvalue weighted by atomic mass is 35.5. The summed E-state index contributed by atoms with van der Waals surface area (Å²) in [6, 6.07) is 4.86. The largest absolute Gasteiger partial charge is 0.488 e. The Morgan fingerprint density at radius 1 is 1.30 bits per heavy atom. The lowest BCUT2D eigenvalue weighted by Crippen LogP contribution is -2.44. The molecule has 0 bridgehead atoms. The molecule has 1 aliphatic heterocycles. The van der Waals surface area contributed by atoms with Gasteiger partial charge in [0.05, 0.1) is 12.1 Å². The molecule has 0 unspecified atom stereocenters. The third-order valence-electron chi connectivity index (χ3n) is 4.53. The van der Waals surface area contributed by atoms with Crippen molar-refractivity contribution in [3.8, 4) is 5.75 Å². The van der Waals surface area contributed by atoms with Crippen molar-refractivity contribution in [3.05, 3.63) is 52.6 Å². The third kappa shape index (κ3) is 4.99. The van der Waals surface area contributed by atoms with Crippen LogP contribution in [0.2, 0.25) is 5.15 Å². The van der Waals surface area contributed by atoms with Crippen molar-refractivity contribution < 1.29 is 27.5 Å². The van der Waals surface area contributed by atoms with Crippen LogP contribution in [0.25, 0.3) is 0 Å². The summed E-state index contributed by atoms with van der Waals surface area (Å²) in [5.74, 6) is -0.447. The van der Waals surface area contributed by atoms with E-state index in [9.17, 15) is 22.8 Å². The van der Waals surface area contributed by atoms with Gasteiger partial charge in [0, 0.05) is 25.9 Å². The Labute approximate surface area is 175 Å². The van der Waals surface area contributed by atoms with Gasteiger partial charge >= 0.3 is 6.18 Å². The second-order valence-electron chi connectivity index (χ2n) is 6.62. The Hall–Kier alpha value is -2.88. The number of aromatic nitrogens is 2. The maximum absolute atomic E-state index is 12.8. The molecule has 1 fully saturated rings. The lowest BCUT2D eigenvalue weighted by molar-refractivity contribution is -0.141. The summed E-state index contributed by atoms with van der Waals surface area (Å²) in [7, 11) is 1.49. The fraction of sp³-hybridized carbons (Fsp3) is 0.368. The number of carbonyl (C=O) groups is 2. The summed E-state index contributed by atoms with van der Waals surface area (Å²) >= 11 is 5.84. The Morgan fingerprint density at radius 3 is 2.73 bits per heavy atom. The molecular formula is C19H18ClF3N4O3. The van der Waals surface area contributed by atoms with Crippen LogP contribution in [-0.4, -0.2) is 52.9 Å². The van der Waals surface area contributed by atoms with Crippen LogP contribution in [0.5, 0.6) is 5.75 Å². The minimum absolute atomic E-state index is 0.101. The van der Waals surface area contributed by atoms with Crippen molar-refractivity contribution in [1.29, 1.82) is 0 Å². The SMILES string of the molecule is CNC(=O)c1cc(O[C@H]2CCCN(C(=O)c3ccc(C(F)(F)F)nc3Cl)C2)ccn1. The molecule has 1 atom stereocenters. The van der Waals surface area contributed by atoms with E-state index < -0.39 is 22.9 Å². The lowest BCUT2D eigenvalue weighted by atomic mass is 10.1. The Balaban J connectivity index is 1.70. The number of amides is 2. The van der Waals surface area contributed by atoms with Gasteiger partial charge in [0.15, 0.2) is 0 Å². The van der Waals surface area contributed by atoms with E-state index in [1.54, 1.807) is 6.07 Å². The van der Waals surface area contributed by atoms with E-state index >= 15 is 0 Å². The summed E-state index contributed by atoms with van der Waals surface area (Å²) in [6.45, 7) is 0.629. The van der Waals surface area contributed by atoms with Crippen molar-refractivity contribution >= 4 is 23.4 Å². The molecule has 0 aliphatic carbocycles. The molecule has 2 aromatic rings. The number of piperidine rings is 1. The number of hydrogen-bond acceptors (Lipinski definition) is 5. The molecule has 1 N–H and O–H groups in total. The number of halogens is 4. The zero-order valence-corrected chi connectivity index (χ0v) is 16.6. The summed E-state index contributed by atoms with van der Waals surface area (Å²) in [6.07, 6.45) is -2.26. The first-order chi connectivity index (χ1) is 14.2. The van der Waals surface area contributed by atoms with Crippen molar-refractivity contribution in [2.45, 2.75) is 25.1 Å². The monoisotopic (exact) mass is 442 g/mol. The molecule has 0 saturated carbocycles. The smallest absolute Gasteiger partial charge is 0.433 e. The van der Waals surface area contributed by atoms with E-state index in [4.69, 9.17) is 16.3 Å². The fourth-order valence-electron chi connectivity index (χ4n) is 3.07. The topological polar surface area (TPSA) is 84.4 Å². The standard InChI is InChI=1S/C19H18ClF3N4O3/c1-24-17(28)14-9-11(6-7-25-14)30-12-3-2-8-27(10-12)18(29)13-4-5-15(19(21,22)23)26-16(13)20/h4-7,9,12H,2-3,8,10H2,1H3,(H,24,28)/t12-/m0/s1. The van der Waals surface area contributed by atoms with Crippen molar-refractivity contribution in [2.75, 3.05) is 20.1 Å². The first-order valence-corrected chi connectivity index (χ1v) is 9.44. The summed E-state index contributed by atoms with van der Waals surface area (Å²) in [5.41, 5.74) is -1.06. The van der Waals surface area contributed by atoms with Crippen LogP contribution in [0, 0.1) is 0 Å². The number of ether oxygens (including phenoxy) is 1. The van der Waals surface area contributed by atoms with E-state index in [1.165, 1.54) is 24.2 Å². The fourth-order valence-corrected chi connectivity index (χ4v) is 3.30. The van der Waals surface area contributed by atoms with Crippen LogP contribution in [-0.2, 0) is 6.18 Å². The quantitative estimate of drug-likeness (QED) is 0.735. The van der Waals surface area contributed by atoms with Gasteiger partial charge in [0.25, 0.3) is 11.8 Å². The molecule has 0 spiro atoms. The van der Waals surface area contributed by atoms with E-state index in [2.05, 4.69) is 15.3 Å². The zero-order valence-electron chi connectivity index (χ0n) is 15.9. The maximum Gasteiger partial charge on any atom is 0.433 e. The number of alkyl halides is 3. The normalized spacial score (nSPS) is 16.8. The highest BCUT2D eigenvalue weighted by molar-refractivity contribution is 6.32. The maximum atomic E-state index is 12.8. The molecule has 2 aromatic heterocycles.